The van der Waals surface area contributed by atoms with E-state index in [4.69, 9.17) is 0 Å². The Morgan fingerprint density at radius 2 is 2.09 bits per heavy atom. The van der Waals surface area contributed by atoms with Crippen LogP contribution in [-0.2, 0) is 0 Å². The van der Waals surface area contributed by atoms with Gasteiger partial charge in [0.2, 0.25) is 10.1 Å². The number of carbonyl (C=O) groups is 1. The summed E-state index contributed by atoms with van der Waals surface area (Å²) in [7, 11) is 0. The Kier molecular flexibility index (Phi) is 5.12. The summed E-state index contributed by atoms with van der Waals surface area (Å²) >= 11 is 1.34. The molecule has 8 heteroatoms. The van der Waals surface area contributed by atoms with Gasteiger partial charge in [-0.1, -0.05) is 18.3 Å². The van der Waals surface area contributed by atoms with Crippen molar-refractivity contribution in [2.45, 2.75) is 40.2 Å². The summed E-state index contributed by atoms with van der Waals surface area (Å²) in [5.41, 5.74) is -0.408. The molecule has 0 fully saturated rings. The largest absolute Gasteiger partial charge is 0.349 e. The molecular formula is C14H21N5O2S. The molecule has 0 aromatic carbocycles. The Hall–Kier alpha value is -1.96. The van der Waals surface area contributed by atoms with Crippen molar-refractivity contribution in [3.8, 4) is 0 Å². The van der Waals surface area contributed by atoms with Crippen molar-refractivity contribution in [2.24, 2.45) is 0 Å². The van der Waals surface area contributed by atoms with Gasteiger partial charge in [0, 0.05) is 25.3 Å². The number of fused-ring (bicyclic) bond motifs is 1. The molecule has 0 unspecified atom stereocenters. The van der Waals surface area contributed by atoms with E-state index < -0.39 is 11.5 Å². The summed E-state index contributed by atoms with van der Waals surface area (Å²) in [4.78, 5) is 31.3. The summed E-state index contributed by atoms with van der Waals surface area (Å²) in [6.07, 6.45) is 2.13. The minimum absolute atomic E-state index is 0.00858. The highest BCUT2D eigenvalue weighted by Gasteiger charge is 2.18. The molecule has 7 nitrogen and oxygen atoms in total. The van der Waals surface area contributed by atoms with E-state index >= 15 is 0 Å². The van der Waals surface area contributed by atoms with Gasteiger partial charge in [-0.05, 0) is 27.2 Å². The molecule has 0 bridgehead atoms. The number of anilines is 1. The fourth-order valence-corrected chi connectivity index (χ4v) is 2.95. The number of nitrogens with zero attached hydrogens (tertiary/aromatic N) is 4. The van der Waals surface area contributed by atoms with E-state index in [0.717, 1.165) is 24.6 Å². The van der Waals surface area contributed by atoms with Gasteiger partial charge in [0.05, 0.1) is 0 Å². The van der Waals surface area contributed by atoms with Crippen LogP contribution in [0.15, 0.2) is 11.0 Å². The SMILES string of the molecule is CC[C@@H](C)NC(=O)c1cnc2sc(N(CC)CC)nn2c1=O. The molecule has 0 radical (unpaired) electrons. The normalized spacial score (nSPS) is 12.4. The molecule has 120 valence electrons. The highest BCUT2D eigenvalue weighted by atomic mass is 32.1. The summed E-state index contributed by atoms with van der Waals surface area (Å²) in [6, 6.07) is 0.00858. The summed E-state index contributed by atoms with van der Waals surface area (Å²) < 4.78 is 1.21. The third kappa shape index (κ3) is 3.11. The van der Waals surface area contributed by atoms with Crippen LogP contribution in [0, 0.1) is 0 Å². The molecule has 0 aliphatic rings. The Morgan fingerprint density at radius 3 is 2.68 bits per heavy atom. The summed E-state index contributed by atoms with van der Waals surface area (Å²) in [5.74, 6) is -0.404. The van der Waals surface area contributed by atoms with Crippen molar-refractivity contribution in [2.75, 3.05) is 18.0 Å². The van der Waals surface area contributed by atoms with E-state index in [-0.39, 0.29) is 11.6 Å². The minimum Gasteiger partial charge on any atom is -0.349 e. The second kappa shape index (κ2) is 6.87. The predicted octanol–water partition coefficient (Wildman–Crippen LogP) is 1.53. The topological polar surface area (TPSA) is 79.6 Å². The van der Waals surface area contributed by atoms with Crippen molar-refractivity contribution in [1.82, 2.24) is 19.9 Å². The van der Waals surface area contributed by atoms with Crippen molar-refractivity contribution < 1.29 is 4.79 Å². The number of rotatable bonds is 6. The van der Waals surface area contributed by atoms with Gasteiger partial charge in [-0.15, -0.1) is 5.10 Å². The van der Waals surface area contributed by atoms with Crippen molar-refractivity contribution >= 4 is 27.3 Å². The van der Waals surface area contributed by atoms with Gasteiger partial charge in [-0.25, -0.2) is 4.98 Å². The Balaban J connectivity index is 2.42. The van der Waals surface area contributed by atoms with Crippen molar-refractivity contribution in [3.05, 3.63) is 22.1 Å². The van der Waals surface area contributed by atoms with Crippen LogP contribution in [0.4, 0.5) is 5.13 Å². The molecule has 0 saturated heterocycles. The van der Waals surface area contributed by atoms with Crippen LogP contribution < -0.4 is 15.8 Å². The first-order valence-electron chi connectivity index (χ1n) is 7.46. The van der Waals surface area contributed by atoms with E-state index in [2.05, 4.69) is 15.4 Å². The molecular weight excluding hydrogens is 302 g/mol. The maximum absolute atomic E-state index is 12.4. The van der Waals surface area contributed by atoms with Gasteiger partial charge in [0.15, 0.2) is 0 Å². The minimum atomic E-state index is -0.430. The lowest BCUT2D eigenvalue weighted by molar-refractivity contribution is 0.0937. The first-order valence-corrected chi connectivity index (χ1v) is 8.28. The highest BCUT2D eigenvalue weighted by molar-refractivity contribution is 7.20. The lowest BCUT2D eigenvalue weighted by Gasteiger charge is -2.15. The fourth-order valence-electron chi connectivity index (χ4n) is 1.96. The molecule has 1 N–H and O–H groups in total. The molecule has 2 rings (SSSR count). The van der Waals surface area contributed by atoms with Crippen LogP contribution >= 0.6 is 11.3 Å². The average Bonchev–Trinajstić information content (AvgIpc) is 2.93. The first-order chi connectivity index (χ1) is 10.5. The standard InChI is InChI=1S/C14H21N5O2S/c1-5-9(4)16-11(20)10-8-15-13-19(12(10)21)17-14(22-13)18(6-2)7-3/h8-9H,5-7H2,1-4H3,(H,16,20)/t9-/m1/s1. The lowest BCUT2D eigenvalue weighted by Crippen LogP contribution is -2.36. The number of hydrogen-bond donors (Lipinski definition) is 1. The number of amides is 1. The Bertz CT molecular complexity index is 720. The van der Waals surface area contributed by atoms with Gasteiger partial charge >= 0.3 is 0 Å². The van der Waals surface area contributed by atoms with Gasteiger partial charge in [-0.3, -0.25) is 9.59 Å². The van der Waals surface area contributed by atoms with Crippen molar-refractivity contribution in [1.29, 1.82) is 0 Å². The van der Waals surface area contributed by atoms with E-state index in [9.17, 15) is 9.59 Å². The van der Waals surface area contributed by atoms with E-state index in [0.29, 0.717) is 4.96 Å². The highest BCUT2D eigenvalue weighted by Crippen LogP contribution is 2.20. The van der Waals surface area contributed by atoms with Crippen LogP contribution in [0.5, 0.6) is 0 Å². The molecule has 0 aliphatic carbocycles. The molecule has 2 aromatic heterocycles. The molecule has 0 aliphatic heterocycles. The average molecular weight is 323 g/mol. The summed E-state index contributed by atoms with van der Waals surface area (Å²) in [6.45, 7) is 9.51. The van der Waals surface area contributed by atoms with E-state index in [1.807, 2.05) is 32.6 Å². The van der Waals surface area contributed by atoms with Crippen LogP contribution in [0.1, 0.15) is 44.5 Å². The Labute approximate surface area is 133 Å². The number of carbonyl (C=O) groups excluding carboxylic acids is 1. The van der Waals surface area contributed by atoms with Crippen LogP contribution in [0.3, 0.4) is 0 Å². The first kappa shape index (κ1) is 16.4. The number of hydrogen-bond acceptors (Lipinski definition) is 6. The zero-order chi connectivity index (χ0) is 16.3. The van der Waals surface area contributed by atoms with Gasteiger partial charge in [-0.2, -0.15) is 4.52 Å². The molecule has 22 heavy (non-hydrogen) atoms. The fraction of sp³-hybridized carbons (Fsp3) is 0.571. The maximum atomic E-state index is 12.4. The second-order valence-electron chi connectivity index (χ2n) is 5.01. The monoisotopic (exact) mass is 323 g/mol. The maximum Gasteiger partial charge on any atom is 0.288 e. The van der Waals surface area contributed by atoms with Gasteiger partial charge in [0.1, 0.15) is 5.56 Å². The zero-order valence-corrected chi connectivity index (χ0v) is 14.1. The quantitative estimate of drug-likeness (QED) is 0.872. The summed E-state index contributed by atoms with van der Waals surface area (Å²) in [5, 5.41) is 7.81. The van der Waals surface area contributed by atoms with Crippen LogP contribution in [0.25, 0.3) is 4.96 Å². The smallest absolute Gasteiger partial charge is 0.288 e. The lowest BCUT2D eigenvalue weighted by atomic mass is 10.2. The van der Waals surface area contributed by atoms with E-state index in [1.54, 1.807) is 0 Å². The molecule has 0 saturated carbocycles. The van der Waals surface area contributed by atoms with Crippen LogP contribution in [-0.4, -0.2) is 39.6 Å². The van der Waals surface area contributed by atoms with Crippen molar-refractivity contribution in [3.63, 3.8) is 0 Å². The molecule has 1 atom stereocenters. The zero-order valence-electron chi connectivity index (χ0n) is 13.3. The Morgan fingerprint density at radius 1 is 1.41 bits per heavy atom. The molecule has 1 amide bonds. The van der Waals surface area contributed by atoms with Crippen LogP contribution in [0.2, 0.25) is 0 Å². The third-order valence-corrected chi connectivity index (χ3v) is 4.53. The molecule has 2 aromatic rings. The van der Waals surface area contributed by atoms with Gasteiger partial charge in [0.25, 0.3) is 11.5 Å². The van der Waals surface area contributed by atoms with Gasteiger partial charge < -0.3 is 10.2 Å². The number of nitrogens with one attached hydrogen (secondary N) is 1. The van der Waals surface area contributed by atoms with E-state index in [1.165, 1.54) is 22.0 Å². The second-order valence-corrected chi connectivity index (χ2v) is 5.95. The third-order valence-electron chi connectivity index (χ3n) is 3.54. The molecule has 2 heterocycles. The number of aromatic nitrogens is 3. The molecule has 0 spiro atoms. The predicted molar refractivity (Wildman–Crippen MR) is 87.9 cm³/mol.